The molecule has 0 radical (unpaired) electrons. The Morgan fingerprint density at radius 3 is 0.784 bits per heavy atom. The van der Waals surface area contributed by atoms with Gasteiger partial charge in [0.05, 0.1) is 0 Å². The highest BCUT2D eigenvalue weighted by atomic mass is 19.4. The number of alkyl halides is 24. The van der Waals surface area contributed by atoms with E-state index >= 15 is 0 Å². The number of hydrogen-bond acceptors (Lipinski definition) is 1. The van der Waals surface area contributed by atoms with Crippen LogP contribution in [-0.4, -0.2) is 71.7 Å². The summed E-state index contributed by atoms with van der Waals surface area (Å²) in [7, 11) is 0. The van der Waals surface area contributed by atoms with Crippen LogP contribution in [0.4, 0.5) is 105 Å². The summed E-state index contributed by atoms with van der Waals surface area (Å²) in [6.07, 6.45) is -15.4. The van der Waals surface area contributed by atoms with Gasteiger partial charge in [0, 0.05) is 0 Å². The fourth-order valence-electron chi connectivity index (χ4n) is 1.94. The molecule has 224 valence electrons. The summed E-state index contributed by atoms with van der Waals surface area (Å²) < 4.78 is 310. The molecule has 1 unspecified atom stereocenters. The molecule has 0 spiro atoms. The van der Waals surface area contributed by atoms with Crippen molar-refractivity contribution < 1.29 is 105 Å². The summed E-state index contributed by atoms with van der Waals surface area (Å²) in [6.45, 7) is 0. The molecule has 25 heteroatoms. The lowest BCUT2D eigenvalue weighted by Crippen LogP contribution is -2.76. The lowest BCUT2D eigenvalue weighted by molar-refractivity contribution is -0.466. The van der Waals surface area contributed by atoms with Gasteiger partial charge < -0.3 is 0 Å². The molecule has 0 bridgehead atoms. The van der Waals surface area contributed by atoms with E-state index in [0.29, 0.717) is 0 Å². The summed E-state index contributed by atoms with van der Waals surface area (Å²) in [4.78, 5) is 0. The van der Waals surface area contributed by atoms with E-state index < -0.39 is 71.7 Å². The van der Waals surface area contributed by atoms with Gasteiger partial charge in [-0.15, -0.1) is 0 Å². The molecule has 37 heavy (non-hydrogen) atoms. The average Bonchev–Trinajstić information content (AvgIpc) is 2.64. The first-order chi connectivity index (χ1) is 15.4. The Morgan fingerprint density at radius 2 is 0.541 bits per heavy atom. The number of halogens is 24. The highest BCUT2D eigenvalue weighted by molar-refractivity contribution is 5.17. The van der Waals surface area contributed by atoms with Gasteiger partial charge in [-0.05, 0) is 0 Å². The predicted molar refractivity (Wildman–Crippen MR) is 64.6 cm³/mol. The Hall–Kier alpha value is -1.72. The molecule has 0 amide bonds. The minimum atomic E-state index is -9.33. The highest BCUT2D eigenvalue weighted by Crippen LogP contribution is 2.65. The maximum Gasteiger partial charge on any atom is 0.460 e. The van der Waals surface area contributed by atoms with Gasteiger partial charge in [0.2, 0.25) is 6.17 Å². The quantitative estimate of drug-likeness (QED) is 0.205. The van der Waals surface area contributed by atoms with Crippen molar-refractivity contribution in [3.05, 3.63) is 0 Å². The second kappa shape index (κ2) is 8.39. The van der Waals surface area contributed by atoms with Gasteiger partial charge in [-0.2, -0.15) is 101 Å². The molecule has 0 aromatic rings. The normalized spacial score (nSPS) is 17.8. The maximum absolute atomic E-state index is 13.4. The molecule has 0 saturated carbocycles. The second-order valence-corrected chi connectivity index (χ2v) is 6.75. The van der Waals surface area contributed by atoms with Crippen molar-refractivity contribution in [3.63, 3.8) is 0 Å². The van der Waals surface area contributed by atoms with E-state index in [1.165, 1.54) is 0 Å². The molecule has 0 saturated heterocycles. The summed E-state index contributed by atoms with van der Waals surface area (Å²) in [6, 6.07) is -6.92. The van der Waals surface area contributed by atoms with Crippen molar-refractivity contribution in [1.82, 2.24) is 0 Å². The van der Waals surface area contributed by atoms with Gasteiger partial charge in [-0.25, -0.2) is 4.39 Å². The van der Waals surface area contributed by atoms with Gasteiger partial charge in [0.15, 0.2) is 0 Å². The van der Waals surface area contributed by atoms with Crippen molar-refractivity contribution in [3.8, 4) is 0 Å². The summed E-state index contributed by atoms with van der Waals surface area (Å²) in [5, 5.41) is 0. The molecule has 0 heterocycles. The first-order valence-electron chi connectivity index (χ1n) is 7.68. The van der Waals surface area contributed by atoms with Crippen molar-refractivity contribution in [2.45, 2.75) is 71.7 Å². The fraction of sp³-hybridized carbons (Fsp3) is 1.00. The van der Waals surface area contributed by atoms with Crippen LogP contribution >= 0.6 is 0 Å². The molecule has 1 nitrogen and oxygen atoms in total. The smallest absolute Gasteiger partial charge is 0.267 e. The Bertz CT molecular complexity index is 828. The van der Waals surface area contributed by atoms with Crippen LogP contribution in [0.15, 0.2) is 0 Å². The predicted octanol–water partition coefficient (Wildman–Crippen LogP) is 7.16. The van der Waals surface area contributed by atoms with E-state index in [2.05, 4.69) is 5.73 Å². The molecule has 0 aliphatic heterocycles. The molecule has 0 aliphatic rings. The zero-order valence-electron chi connectivity index (χ0n) is 15.7. The van der Waals surface area contributed by atoms with Crippen molar-refractivity contribution in [2.75, 3.05) is 0 Å². The van der Waals surface area contributed by atoms with Crippen LogP contribution in [0.5, 0.6) is 0 Å². The van der Waals surface area contributed by atoms with Crippen molar-refractivity contribution in [1.29, 1.82) is 0 Å². The fourth-order valence-corrected chi connectivity index (χ4v) is 1.94. The highest BCUT2D eigenvalue weighted by Gasteiger charge is 2.96. The largest absolute Gasteiger partial charge is 0.460 e. The van der Waals surface area contributed by atoms with Gasteiger partial charge >= 0.3 is 65.5 Å². The third-order valence-electron chi connectivity index (χ3n) is 4.22. The zero-order valence-corrected chi connectivity index (χ0v) is 15.7. The van der Waals surface area contributed by atoms with Gasteiger partial charge in [0.25, 0.3) is 0 Å². The van der Waals surface area contributed by atoms with Crippen LogP contribution < -0.4 is 5.73 Å². The molecule has 0 rings (SSSR count). The van der Waals surface area contributed by atoms with E-state index in [-0.39, 0.29) is 0 Å². The maximum atomic E-state index is 13.4. The standard InChI is InChI=1S/C12H3F24N/c13-1(3(16,17)5(20,21)12(35,36)37)2(14,15)4(18,19)6(22,23)7(24,25)8(26,27)9(28,29)10(30,31)11(32,33)34/h1H,37H2. The number of rotatable bonds is 10. The Morgan fingerprint density at radius 1 is 0.324 bits per heavy atom. The monoisotopic (exact) mass is 617 g/mol. The average molecular weight is 617 g/mol. The topological polar surface area (TPSA) is 26.0 Å². The molecule has 2 N–H and O–H groups in total. The van der Waals surface area contributed by atoms with Crippen LogP contribution in [-0.2, 0) is 0 Å². The second-order valence-electron chi connectivity index (χ2n) is 6.75. The van der Waals surface area contributed by atoms with Crippen LogP contribution in [0.3, 0.4) is 0 Å². The van der Waals surface area contributed by atoms with Crippen molar-refractivity contribution in [2.24, 2.45) is 5.73 Å². The number of hydrogen-bond donors (Lipinski definition) is 1. The van der Waals surface area contributed by atoms with Crippen LogP contribution in [0, 0.1) is 0 Å². The SMILES string of the molecule is NC(F)(F)C(F)(F)C(F)(F)C(F)C(F)(F)C(F)(F)C(F)(F)C(F)(F)C(F)(F)C(F)(F)C(F)(F)C(F)(F)F. The van der Waals surface area contributed by atoms with Gasteiger partial charge in [-0.1, -0.05) is 0 Å². The van der Waals surface area contributed by atoms with Crippen LogP contribution in [0.25, 0.3) is 0 Å². The zero-order chi connectivity index (χ0) is 31.1. The first kappa shape index (κ1) is 35.3. The van der Waals surface area contributed by atoms with Crippen molar-refractivity contribution >= 4 is 0 Å². The number of nitrogens with two attached hydrogens (primary N) is 1. The van der Waals surface area contributed by atoms with E-state index in [9.17, 15) is 105 Å². The van der Waals surface area contributed by atoms with Gasteiger partial charge in [0.1, 0.15) is 0 Å². The summed E-state index contributed by atoms with van der Waals surface area (Å²) >= 11 is 0. The molecule has 0 aliphatic carbocycles. The van der Waals surface area contributed by atoms with Crippen LogP contribution in [0.2, 0.25) is 0 Å². The molecule has 0 aromatic carbocycles. The lowest BCUT2D eigenvalue weighted by Gasteiger charge is -2.44. The molecule has 1 atom stereocenters. The van der Waals surface area contributed by atoms with E-state index in [1.807, 2.05) is 0 Å². The Kier molecular flexibility index (Phi) is 8.00. The minimum Gasteiger partial charge on any atom is -0.267 e. The third-order valence-corrected chi connectivity index (χ3v) is 4.22. The minimum absolute atomic E-state index is 3.05. The summed E-state index contributed by atoms with van der Waals surface area (Å²) in [5.74, 6) is -79.2. The van der Waals surface area contributed by atoms with E-state index in [1.54, 1.807) is 0 Å². The Balaban J connectivity index is 7.07. The molecule has 0 aromatic heterocycles. The summed E-state index contributed by atoms with van der Waals surface area (Å²) in [5.41, 5.74) is 3.05. The first-order valence-corrected chi connectivity index (χ1v) is 7.68. The molecule has 0 fully saturated rings. The van der Waals surface area contributed by atoms with E-state index in [4.69, 9.17) is 0 Å². The lowest BCUT2D eigenvalue weighted by atomic mass is 9.86. The van der Waals surface area contributed by atoms with Crippen LogP contribution in [0.1, 0.15) is 0 Å². The molecular weight excluding hydrogens is 614 g/mol. The third kappa shape index (κ3) is 4.29. The van der Waals surface area contributed by atoms with E-state index in [0.717, 1.165) is 0 Å². The Labute approximate surface area is 184 Å². The molecular formula is C12H3F24N. The van der Waals surface area contributed by atoms with Gasteiger partial charge in [-0.3, -0.25) is 5.73 Å².